The molecule has 1 aromatic rings. The molecule has 1 aromatic heterocycles. The number of halogens is 2. The fourth-order valence-corrected chi connectivity index (χ4v) is 1.75. The summed E-state index contributed by atoms with van der Waals surface area (Å²) in [5.41, 5.74) is 0. The number of likely N-dealkylation sites (N-methyl/N-ethyl adjacent to an activating group) is 1. The number of nitrogens with zero attached hydrogens (tertiary/aromatic N) is 3. The normalized spacial score (nSPS) is 12.6. The third kappa shape index (κ3) is 3.29. The van der Waals surface area contributed by atoms with E-state index < -0.39 is 0 Å². The van der Waals surface area contributed by atoms with Crippen LogP contribution in [0.2, 0.25) is 5.28 Å². The van der Waals surface area contributed by atoms with E-state index in [-0.39, 0.29) is 11.3 Å². The fourth-order valence-electron chi connectivity index (χ4n) is 1.15. The van der Waals surface area contributed by atoms with Crippen LogP contribution in [-0.2, 0) is 4.74 Å². The summed E-state index contributed by atoms with van der Waals surface area (Å²) in [5, 5.41) is 0.240. The summed E-state index contributed by atoms with van der Waals surface area (Å²) in [6.45, 7) is 2.68. The standard InChI is InChI=1S/C9H13BrClN3O/c1-6(5-15-3)14(2)8-7(10)4-12-9(11)13-8/h4,6H,5H2,1-3H3. The quantitative estimate of drug-likeness (QED) is 0.799. The Hall–Kier alpha value is -0.390. The van der Waals surface area contributed by atoms with E-state index >= 15 is 0 Å². The molecule has 0 aliphatic rings. The van der Waals surface area contributed by atoms with Crippen molar-refractivity contribution in [1.29, 1.82) is 0 Å². The van der Waals surface area contributed by atoms with Gasteiger partial charge in [0.25, 0.3) is 0 Å². The number of rotatable bonds is 4. The number of hydrogen-bond donors (Lipinski definition) is 0. The van der Waals surface area contributed by atoms with Gasteiger partial charge in [-0.2, -0.15) is 4.98 Å². The van der Waals surface area contributed by atoms with Gasteiger partial charge in [-0.1, -0.05) is 0 Å². The molecule has 6 heteroatoms. The van der Waals surface area contributed by atoms with Crippen molar-refractivity contribution in [3.05, 3.63) is 16.0 Å². The molecule has 0 bridgehead atoms. The van der Waals surface area contributed by atoms with E-state index in [9.17, 15) is 0 Å². The van der Waals surface area contributed by atoms with Gasteiger partial charge < -0.3 is 9.64 Å². The van der Waals surface area contributed by atoms with Crippen LogP contribution in [0.5, 0.6) is 0 Å². The van der Waals surface area contributed by atoms with Crippen LogP contribution in [-0.4, -0.2) is 36.8 Å². The van der Waals surface area contributed by atoms with Crippen molar-refractivity contribution in [1.82, 2.24) is 9.97 Å². The van der Waals surface area contributed by atoms with E-state index in [1.165, 1.54) is 0 Å². The average molecular weight is 295 g/mol. The molecular formula is C9H13BrClN3O. The van der Waals surface area contributed by atoms with Crippen molar-refractivity contribution in [3.8, 4) is 0 Å². The molecule has 1 rings (SSSR count). The largest absolute Gasteiger partial charge is 0.383 e. The smallest absolute Gasteiger partial charge is 0.224 e. The van der Waals surface area contributed by atoms with Crippen LogP contribution in [0.1, 0.15) is 6.92 Å². The molecule has 0 N–H and O–H groups in total. The summed E-state index contributed by atoms with van der Waals surface area (Å²) in [7, 11) is 3.61. The van der Waals surface area contributed by atoms with Gasteiger partial charge >= 0.3 is 0 Å². The van der Waals surface area contributed by atoms with Gasteiger partial charge in [0.15, 0.2) is 0 Å². The highest BCUT2D eigenvalue weighted by Gasteiger charge is 2.14. The fraction of sp³-hybridized carbons (Fsp3) is 0.556. The molecule has 1 atom stereocenters. The molecule has 1 heterocycles. The molecular weight excluding hydrogens is 281 g/mol. The third-order valence-electron chi connectivity index (χ3n) is 2.10. The summed E-state index contributed by atoms with van der Waals surface area (Å²) in [5.74, 6) is 0.763. The Labute approximate surface area is 103 Å². The first-order chi connectivity index (χ1) is 7.06. The van der Waals surface area contributed by atoms with Gasteiger partial charge in [-0.05, 0) is 34.5 Å². The van der Waals surface area contributed by atoms with Crippen molar-refractivity contribution < 1.29 is 4.74 Å². The first-order valence-electron chi connectivity index (χ1n) is 4.46. The zero-order valence-electron chi connectivity index (χ0n) is 8.87. The van der Waals surface area contributed by atoms with E-state index in [2.05, 4.69) is 25.9 Å². The maximum absolute atomic E-state index is 5.74. The molecule has 0 amide bonds. The van der Waals surface area contributed by atoms with Crippen LogP contribution in [0.25, 0.3) is 0 Å². The SMILES string of the molecule is COCC(C)N(C)c1nc(Cl)ncc1Br. The van der Waals surface area contributed by atoms with E-state index in [0.717, 1.165) is 10.3 Å². The van der Waals surface area contributed by atoms with Crippen molar-refractivity contribution in [2.75, 3.05) is 25.7 Å². The van der Waals surface area contributed by atoms with Gasteiger partial charge in [0.2, 0.25) is 5.28 Å². The second-order valence-corrected chi connectivity index (χ2v) is 4.42. The molecule has 0 saturated carbocycles. The van der Waals surface area contributed by atoms with Crippen molar-refractivity contribution in [3.63, 3.8) is 0 Å². The lowest BCUT2D eigenvalue weighted by molar-refractivity contribution is 0.183. The lowest BCUT2D eigenvalue weighted by Crippen LogP contribution is -2.33. The molecule has 15 heavy (non-hydrogen) atoms. The predicted molar refractivity (Wildman–Crippen MR) is 64.5 cm³/mol. The molecule has 0 saturated heterocycles. The number of ether oxygens (including phenoxy) is 1. The summed E-state index contributed by atoms with van der Waals surface area (Å²) in [6, 6.07) is 0.220. The minimum absolute atomic E-state index is 0.220. The maximum Gasteiger partial charge on any atom is 0.224 e. The zero-order chi connectivity index (χ0) is 11.4. The molecule has 0 aliphatic carbocycles. The highest BCUT2D eigenvalue weighted by atomic mass is 79.9. The van der Waals surface area contributed by atoms with Crippen LogP contribution in [0.3, 0.4) is 0 Å². The Morgan fingerprint density at radius 3 is 2.93 bits per heavy atom. The summed E-state index contributed by atoms with van der Waals surface area (Å²) in [6.07, 6.45) is 1.64. The second-order valence-electron chi connectivity index (χ2n) is 3.23. The first-order valence-corrected chi connectivity index (χ1v) is 5.63. The van der Waals surface area contributed by atoms with Crippen LogP contribution >= 0.6 is 27.5 Å². The van der Waals surface area contributed by atoms with Gasteiger partial charge in [0.05, 0.1) is 17.1 Å². The van der Waals surface area contributed by atoms with Crippen molar-refractivity contribution in [2.45, 2.75) is 13.0 Å². The molecule has 0 radical (unpaired) electrons. The maximum atomic E-state index is 5.74. The minimum Gasteiger partial charge on any atom is -0.383 e. The van der Waals surface area contributed by atoms with E-state index in [4.69, 9.17) is 16.3 Å². The Balaban J connectivity index is 2.89. The van der Waals surface area contributed by atoms with Crippen molar-refractivity contribution in [2.24, 2.45) is 0 Å². The predicted octanol–water partition coefficient (Wildman–Crippen LogP) is 2.36. The molecule has 84 valence electrons. The van der Waals surface area contributed by atoms with Gasteiger partial charge in [0, 0.05) is 20.4 Å². The van der Waals surface area contributed by atoms with Gasteiger partial charge in [0.1, 0.15) is 5.82 Å². The number of aromatic nitrogens is 2. The lowest BCUT2D eigenvalue weighted by atomic mass is 10.3. The van der Waals surface area contributed by atoms with E-state index in [1.807, 2.05) is 18.9 Å². The highest BCUT2D eigenvalue weighted by molar-refractivity contribution is 9.10. The Kier molecular flexibility index (Phi) is 4.76. The van der Waals surface area contributed by atoms with Gasteiger partial charge in [-0.25, -0.2) is 4.98 Å². The van der Waals surface area contributed by atoms with Crippen LogP contribution in [0.15, 0.2) is 10.7 Å². The molecule has 0 spiro atoms. The van der Waals surface area contributed by atoms with Crippen LogP contribution in [0, 0.1) is 0 Å². The molecule has 0 aromatic carbocycles. The lowest BCUT2D eigenvalue weighted by Gasteiger charge is -2.25. The molecule has 1 unspecified atom stereocenters. The number of hydrogen-bond acceptors (Lipinski definition) is 4. The third-order valence-corrected chi connectivity index (χ3v) is 2.84. The Morgan fingerprint density at radius 1 is 1.67 bits per heavy atom. The first kappa shape index (κ1) is 12.7. The summed E-state index contributed by atoms with van der Waals surface area (Å²) >= 11 is 9.13. The van der Waals surface area contributed by atoms with E-state index in [1.54, 1.807) is 13.3 Å². The number of anilines is 1. The van der Waals surface area contributed by atoms with E-state index in [0.29, 0.717) is 6.61 Å². The monoisotopic (exact) mass is 293 g/mol. The van der Waals surface area contributed by atoms with Crippen LogP contribution < -0.4 is 4.90 Å². The van der Waals surface area contributed by atoms with Crippen LogP contribution in [0.4, 0.5) is 5.82 Å². The highest BCUT2D eigenvalue weighted by Crippen LogP contribution is 2.24. The molecule has 4 nitrogen and oxygen atoms in total. The minimum atomic E-state index is 0.220. The summed E-state index contributed by atoms with van der Waals surface area (Å²) in [4.78, 5) is 10.0. The topological polar surface area (TPSA) is 38.2 Å². The Morgan fingerprint density at radius 2 is 2.33 bits per heavy atom. The van der Waals surface area contributed by atoms with Crippen molar-refractivity contribution >= 4 is 33.3 Å². The Bertz CT molecular complexity index is 337. The second kappa shape index (κ2) is 5.63. The van der Waals surface area contributed by atoms with Gasteiger partial charge in [-0.3, -0.25) is 0 Å². The summed E-state index contributed by atoms with van der Waals surface area (Å²) < 4.78 is 5.90. The molecule has 0 fully saturated rings. The molecule has 0 aliphatic heterocycles. The number of methoxy groups -OCH3 is 1. The average Bonchev–Trinajstić information content (AvgIpc) is 2.21. The van der Waals surface area contributed by atoms with Gasteiger partial charge in [-0.15, -0.1) is 0 Å². The zero-order valence-corrected chi connectivity index (χ0v) is 11.2.